The van der Waals surface area contributed by atoms with Crippen LogP contribution in [-0.2, 0) is 17.8 Å². The average Bonchev–Trinajstić information content (AvgIpc) is 2.98. The number of hydrogen-bond donors (Lipinski definition) is 2. The van der Waals surface area contributed by atoms with E-state index in [0.717, 1.165) is 29.9 Å². The van der Waals surface area contributed by atoms with E-state index in [-0.39, 0.29) is 11.8 Å². The van der Waals surface area contributed by atoms with E-state index >= 15 is 0 Å². The molecule has 1 atom stereocenters. The van der Waals surface area contributed by atoms with Crippen LogP contribution >= 0.6 is 0 Å². The Labute approximate surface area is 136 Å². The number of amides is 1. The molecule has 5 nitrogen and oxygen atoms in total. The molecule has 2 heterocycles. The number of nitrogens with zero attached hydrogens (tertiary/aromatic N) is 2. The highest BCUT2D eigenvalue weighted by atomic mass is 16.2. The molecule has 3 rings (SSSR count). The van der Waals surface area contributed by atoms with Gasteiger partial charge in [-0.1, -0.05) is 26.0 Å². The van der Waals surface area contributed by atoms with Gasteiger partial charge in [0.05, 0.1) is 11.7 Å². The lowest BCUT2D eigenvalue weighted by molar-refractivity contribution is -0.118. The van der Waals surface area contributed by atoms with Crippen molar-refractivity contribution in [3.63, 3.8) is 0 Å². The highest BCUT2D eigenvalue weighted by Gasteiger charge is 2.17. The number of aryl methyl sites for hydroxylation is 2. The van der Waals surface area contributed by atoms with Gasteiger partial charge in [-0.05, 0) is 30.9 Å². The molecule has 3 N–H and O–H groups in total. The van der Waals surface area contributed by atoms with Crippen LogP contribution in [0, 0.1) is 5.92 Å². The first-order valence-corrected chi connectivity index (χ1v) is 8.27. The molecule has 0 spiro atoms. The van der Waals surface area contributed by atoms with Crippen LogP contribution in [0.15, 0.2) is 30.5 Å². The van der Waals surface area contributed by atoms with Crippen LogP contribution in [0.1, 0.15) is 32.5 Å². The zero-order chi connectivity index (χ0) is 16.4. The molecule has 1 aliphatic rings. The van der Waals surface area contributed by atoms with Gasteiger partial charge in [0.1, 0.15) is 5.82 Å². The lowest BCUT2D eigenvalue weighted by atomic mass is 10.0. The fourth-order valence-corrected chi connectivity index (χ4v) is 2.80. The number of hydrogen-bond acceptors (Lipinski definition) is 3. The van der Waals surface area contributed by atoms with Crippen molar-refractivity contribution < 1.29 is 4.79 Å². The number of nitrogens with one attached hydrogen (secondary N) is 1. The summed E-state index contributed by atoms with van der Waals surface area (Å²) in [5.74, 6) is 1.14. The van der Waals surface area contributed by atoms with E-state index in [1.807, 2.05) is 38.1 Å². The molecule has 0 saturated heterocycles. The Morgan fingerprint density at radius 3 is 2.65 bits per heavy atom. The quantitative estimate of drug-likeness (QED) is 0.912. The summed E-state index contributed by atoms with van der Waals surface area (Å²) in [6.45, 7) is 4.94. The fraction of sp³-hybridized carbons (Fsp3) is 0.444. The minimum atomic E-state index is -0.491. The van der Waals surface area contributed by atoms with Crippen LogP contribution < -0.4 is 11.1 Å². The molecule has 1 aliphatic heterocycles. The second-order valence-electron chi connectivity index (χ2n) is 6.53. The second-order valence-corrected chi connectivity index (χ2v) is 6.53. The van der Waals surface area contributed by atoms with E-state index in [1.54, 1.807) is 0 Å². The molecule has 1 aromatic heterocycles. The van der Waals surface area contributed by atoms with E-state index in [9.17, 15) is 4.79 Å². The first kappa shape index (κ1) is 15.7. The SMILES string of the molecule is CC(C)[C@H](N)C(=O)Nc1ccc(-c2cn3c(n2)CCCC3)cc1. The molecule has 1 aromatic carbocycles. The van der Waals surface area contributed by atoms with Crippen LogP contribution in [0.2, 0.25) is 0 Å². The third-order valence-electron chi connectivity index (χ3n) is 4.38. The number of anilines is 1. The highest BCUT2D eigenvalue weighted by Crippen LogP contribution is 2.24. The zero-order valence-corrected chi connectivity index (χ0v) is 13.7. The maximum atomic E-state index is 12.0. The van der Waals surface area contributed by atoms with Gasteiger partial charge in [-0.25, -0.2) is 4.98 Å². The number of aromatic nitrogens is 2. The van der Waals surface area contributed by atoms with Crippen molar-refractivity contribution in [2.75, 3.05) is 5.32 Å². The van der Waals surface area contributed by atoms with E-state index < -0.39 is 6.04 Å². The lowest BCUT2D eigenvalue weighted by Gasteiger charge is -2.15. The van der Waals surface area contributed by atoms with Crippen LogP contribution in [0.4, 0.5) is 5.69 Å². The van der Waals surface area contributed by atoms with Crippen molar-refractivity contribution in [3.05, 3.63) is 36.3 Å². The Hall–Kier alpha value is -2.14. The Morgan fingerprint density at radius 1 is 1.26 bits per heavy atom. The molecule has 0 radical (unpaired) electrons. The molecule has 0 aliphatic carbocycles. The number of carbonyl (C=O) groups is 1. The van der Waals surface area contributed by atoms with Crippen LogP contribution in [0.3, 0.4) is 0 Å². The molecule has 0 fully saturated rings. The third-order valence-corrected chi connectivity index (χ3v) is 4.38. The molecule has 0 saturated carbocycles. The van der Waals surface area contributed by atoms with E-state index in [4.69, 9.17) is 10.7 Å². The van der Waals surface area contributed by atoms with Crippen molar-refractivity contribution in [1.82, 2.24) is 9.55 Å². The summed E-state index contributed by atoms with van der Waals surface area (Å²) in [7, 11) is 0. The summed E-state index contributed by atoms with van der Waals surface area (Å²) in [5, 5.41) is 2.86. The largest absolute Gasteiger partial charge is 0.334 e. The van der Waals surface area contributed by atoms with Crippen molar-refractivity contribution in [2.24, 2.45) is 11.7 Å². The van der Waals surface area contributed by atoms with Crippen molar-refractivity contribution in [2.45, 2.75) is 45.7 Å². The van der Waals surface area contributed by atoms with Gasteiger partial charge in [-0.2, -0.15) is 0 Å². The van der Waals surface area contributed by atoms with Crippen LogP contribution in [0.25, 0.3) is 11.3 Å². The van der Waals surface area contributed by atoms with Crippen molar-refractivity contribution in [3.8, 4) is 11.3 Å². The van der Waals surface area contributed by atoms with Crippen molar-refractivity contribution in [1.29, 1.82) is 0 Å². The van der Waals surface area contributed by atoms with E-state index in [0.29, 0.717) is 0 Å². The summed E-state index contributed by atoms with van der Waals surface area (Å²) < 4.78 is 2.25. The second kappa shape index (κ2) is 6.54. The topological polar surface area (TPSA) is 72.9 Å². The molecule has 122 valence electrons. The maximum Gasteiger partial charge on any atom is 0.241 e. The molecule has 0 bridgehead atoms. The van der Waals surface area contributed by atoms with E-state index in [1.165, 1.54) is 18.7 Å². The predicted molar refractivity (Wildman–Crippen MR) is 92.0 cm³/mol. The first-order chi connectivity index (χ1) is 11.0. The van der Waals surface area contributed by atoms with Gasteiger partial charge in [0, 0.05) is 30.4 Å². The van der Waals surface area contributed by atoms with Gasteiger partial charge < -0.3 is 15.6 Å². The summed E-state index contributed by atoms with van der Waals surface area (Å²) in [6.07, 6.45) is 5.62. The fourth-order valence-electron chi connectivity index (χ4n) is 2.80. The summed E-state index contributed by atoms with van der Waals surface area (Å²) in [4.78, 5) is 16.7. The number of benzene rings is 1. The molecule has 2 aromatic rings. The Morgan fingerprint density at radius 2 is 2.00 bits per heavy atom. The number of carbonyl (C=O) groups excluding carboxylic acids is 1. The Kier molecular flexibility index (Phi) is 4.48. The summed E-state index contributed by atoms with van der Waals surface area (Å²) in [5.41, 5.74) is 8.69. The standard InChI is InChI=1S/C18H24N4O/c1-12(2)17(19)18(23)20-14-8-6-13(7-9-14)15-11-22-10-4-3-5-16(22)21-15/h6-9,11-12,17H,3-5,10,19H2,1-2H3,(H,20,23)/t17-/m0/s1. The van der Waals surface area contributed by atoms with Gasteiger partial charge in [0.2, 0.25) is 5.91 Å². The average molecular weight is 312 g/mol. The lowest BCUT2D eigenvalue weighted by Crippen LogP contribution is -2.39. The van der Waals surface area contributed by atoms with Crippen molar-refractivity contribution >= 4 is 11.6 Å². The van der Waals surface area contributed by atoms with Gasteiger partial charge in [-0.15, -0.1) is 0 Å². The minimum absolute atomic E-state index is 0.117. The third kappa shape index (κ3) is 3.45. The molecular formula is C18H24N4O. The monoisotopic (exact) mass is 312 g/mol. The zero-order valence-electron chi connectivity index (χ0n) is 13.7. The van der Waals surface area contributed by atoms with Crippen LogP contribution in [0.5, 0.6) is 0 Å². The maximum absolute atomic E-state index is 12.0. The minimum Gasteiger partial charge on any atom is -0.334 e. The normalized spacial score (nSPS) is 15.3. The van der Waals surface area contributed by atoms with Gasteiger partial charge in [0.25, 0.3) is 0 Å². The number of fused-ring (bicyclic) bond motifs is 1. The number of rotatable bonds is 4. The molecule has 1 amide bonds. The van der Waals surface area contributed by atoms with Gasteiger partial charge in [-0.3, -0.25) is 4.79 Å². The molecule has 23 heavy (non-hydrogen) atoms. The summed E-state index contributed by atoms with van der Waals surface area (Å²) in [6, 6.07) is 7.29. The van der Waals surface area contributed by atoms with E-state index in [2.05, 4.69) is 16.1 Å². The smallest absolute Gasteiger partial charge is 0.241 e. The molecule has 0 unspecified atom stereocenters. The molecule has 5 heteroatoms. The number of imidazole rings is 1. The summed E-state index contributed by atoms with van der Waals surface area (Å²) >= 11 is 0. The molecular weight excluding hydrogens is 288 g/mol. The highest BCUT2D eigenvalue weighted by molar-refractivity contribution is 5.95. The van der Waals surface area contributed by atoms with Gasteiger partial charge >= 0.3 is 0 Å². The Balaban J connectivity index is 1.72. The van der Waals surface area contributed by atoms with Gasteiger partial charge in [0.15, 0.2) is 0 Å². The van der Waals surface area contributed by atoms with Crippen LogP contribution in [-0.4, -0.2) is 21.5 Å². The number of nitrogens with two attached hydrogens (primary N) is 1. The first-order valence-electron chi connectivity index (χ1n) is 8.27. The Bertz CT molecular complexity index is 664. The predicted octanol–water partition coefficient (Wildman–Crippen LogP) is 2.81.